The number of esters is 1. The molecule has 0 spiro atoms. The zero-order valence-electron chi connectivity index (χ0n) is 22.7. The third-order valence-electron chi connectivity index (χ3n) is 8.17. The maximum atomic E-state index is 13.9. The second kappa shape index (κ2) is 10.9. The van der Waals surface area contributed by atoms with Crippen LogP contribution in [0.3, 0.4) is 0 Å². The van der Waals surface area contributed by atoms with Gasteiger partial charge in [0, 0.05) is 0 Å². The molecule has 218 valence electrons. The topological polar surface area (TPSA) is 178 Å². The first kappa shape index (κ1) is 28.7. The van der Waals surface area contributed by atoms with Crippen molar-refractivity contribution in [3.8, 4) is 5.75 Å². The monoisotopic (exact) mass is 577 g/mol. The number of aliphatic imine (C=N–C) groups is 1. The second-order valence-corrected chi connectivity index (χ2v) is 12.6. The van der Waals surface area contributed by atoms with Crippen LogP contribution in [0.1, 0.15) is 46.5 Å². The number of aliphatic hydroxyl groups excluding tert-OH is 2. The number of rotatable bonds is 10. The van der Waals surface area contributed by atoms with Gasteiger partial charge < -0.3 is 29.9 Å². The lowest BCUT2D eigenvalue weighted by Crippen LogP contribution is -2.63. The highest BCUT2D eigenvalue weighted by molar-refractivity contribution is 7.52. The van der Waals surface area contributed by atoms with Gasteiger partial charge in [-0.05, 0) is 58.6 Å². The minimum Gasteiger partial charge on any atom is -0.461 e. The summed E-state index contributed by atoms with van der Waals surface area (Å²) in [4.78, 5) is 16.6. The van der Waals surface area contributed by atoms with Crippen molar-refractivity contribution in [3.63, 3.8) is 0 Å². The minimum atomic E-state index is -4.20. The number of amidine groups is 1. The van der Waals surface area contributed by atoms with E-state index in [-0.39, 0.29) is 17.7 Å². The van der Waals surface area contributed by atoms with Crippen LogP contribution in [0.5, 0.6) is 5.75 Å². The Bertz CT molecular complexity index is 1260. The zero-order valence-corrected chi connectivity index (χ0v) is 23.6. The molecule has 2 fully saturated rings. The van der Waals surface area contributed by atoms with E-state index in [1.807, 2.05) is 13.0 Å². The van der Waals surface area contributed by atoms with E-state index < -0.39 is 55.8 Å². The van der Waals surface area contributed by atoms with Crippen molar-refractivity contribution in [2.24, 2.45) is 15.8 Å². The van der Waals surface area contributed by atoms with E-state index in [1.165, 1.54) is 13.3 Å². The van der Waals surface area contributed by atoms with Crippen molar-refractivity contribution in [1.82, 2.24) is 10.1 Å². The number of para-hydroxylation sites is 1. The molecule has 1 saturated carbocycles. The third kappa shape index (κ3) is 5.17. The molecule has 3 aliphatic heterocycles. The lowest BCUT2D eigenvalue weighted by molar-refractivity contribution is -0.155. The maximum absolute atomic E-state index is 13.9. The lowest BCUT2D eigenvalue weighted by Gasteiger charge is -2.47. The van der Waals surface area contributed by atoms with Crippen molar-refractivity contribution in [2.75, 3.05) is 6.61 Å². The van der Waals surface area contributed by atoms with E-state index in [0.717, 1.165) is 19.3 Å². The fraction of sp³-hybridized carbons (Fsp3) is 0.577. The molecule has 0 aromatic heterocycles. The van der Waals surface area contributed by atoms with Gasteiger partial charge in [-0.3, -0.25) is 14.3 Å². The summed E-state index contributed by atoms with van der Waals surface area (Å²) >= 11 is 0. The Hall–Kier alpha value is -2.80. The van der Waals surface area contributed by atoms with Crippen LogP contribution in [-0.4, -0.2) is 81.6 Å². The number of hydrazone groups is 1. The molecule has 2 unspecified atom stereocenters. The van der Waals surface area contributed by atoms with Crippen LogP contribution >= 0.6 is 7.75 Å². The quantitative estimate of drug-likeness (QED) is 0.235. The number of benzene rings is 1. The molecule has 0 amide bonds. The Morgan fingerprint density at radius 3 is 2.70 bits per heavy atom. The lowest BCUT2D eigenvalue weighted by atomic mass is 9.76. The van der Waals surface area contributed by atoms with E-state index in [2.05, 4.69) is 15.2 Å². The van der Waals surface area contributed by atoms with Crippen molar-refractivity contribution >= 4 is 25.9 Å². The van der Waals surface area contributed by atoms with Crippen molar-refractivity contribution in [1.29, 1.82) is 0 Å². The number of nitrogens with two attached hydrogens (primary N) is 1. The average Bonchev–Trinajstić information content (AvgIpc) is 3.37. The first-order valence-electron chi connectivity index (χ1n) is 13.3. The summed E-state index contributed by atoms with van der Waals surface area (Å²) in [5, 5.41) is 30.8. The molecular weight excluding hydrogens is 541 g/mol. The number of aliphatic hydroxyl groups is 2. The molecule has 0 radical (unpaired) electrons. The number of carbonyl (C=O) groups excluding carboxylic acids is 1. The van der Waals surface area contributed by atoms with Gasteiger partial charge >= 0.3 is 13.7 Å². The molecule has 1 saturated heterocycles. The highest BCUT2D eigenvalue weighted by atomic mass is 31.2. The Morgan fingerprint density at radius 2 is 2.02 bits per heavy atom. The number of hydrogen-bond acceptors (Lipinski definition) is 12. The van der Waals surface area contributed by atoms with Crippen molar-refractivity contribution < 1.29 is 38.1 Å². The molecule has 7 atom stereocenters. The van der Waals surface area contributed by atoms with Gasteiger partial charge in [0.2, 0.25) is 0 Å². The van der Waals surface area contributed by atoms with Crippen LogP contribution in [0.2, 0.25) is 0 Å². The maximum Gasteiger partial charge on any atom is 0.459 e. The predicted octanol–water partition coefficient (Wildman–Crippen LogP) is 1.81. The second-order valence-electron chi connectivity index (χ2n) is 10.9. The SMILES string of the molecule is C[C@H](NP(=O)(OC[C@H]1O[C@@](C)(C2(C)CC=C3C(N)=NC=NN32)[C@H](O)[C@@H]1O)Oc1ccccc1)C(=O)OC1CCC1. The van der Waals surface area contributed by atoms with Gasteiger partial charge in [-0.25, -0.2) is 9.56 Å². The normalized spacial score (nSPS) is 33.8. The first-order chi connectivity index (χ1) is 19.0. The predicted molar refractivity (Wildman–Crippen MR) is 145 cm³/mol. The molecule has 4 aliphatic rings. The summed E-state index contributed by atoms with van der Waals surface area (Å²) in [6.07, 6.45) is 2.17. The average molecular weight is 578 g/mol. The Kier molecular flexibility index (Phi) is 7.81. The van der Waals surface area contributed by atoms with Crippen LogP contribution in [0.4, 0.5) is 0 Å². The molecule has 3 heterocycles. The Balaban J connectivity index is 1.30. The van der Waals surface area contributed by atoms with Crippen molar-refractivity contribution in [3.05, 3.63) is 42.1 Å². The standard InChI is InChI=1S/C26H36N5O8P/c1-16(24(34)37-17-10-7-11-17)30-40(35,39-18-8-5-4-6-9-18)36-14-20-21(32)22(33)26(3,38-20)25(2)13-12-19-23(27)28-15-29-31(19)25/h4-6,8-9,12,15-17,20-22,32-33H,7,10-11,13-14H2,1-3H3,(H,30,35)(H2,27,28,29)/t16-,20+,21+,22+,25?,26+,40?/m0/s1. The van der Waals surface area contributed by atoms with Gasteiger partial charge in [-0.2, -0.15) is 10.2 Å². The van der Waals surface area contributed by atoms with Crippen LogP contribution < -0.4 is 15.3 Å². The molecule has 13 nitrogen and oxygen atoms in total. The van der Waals surface area contributed by atoms with E-state index >= 15 is 0 Å². The van der Waals surface area contributed by atoms with E-state index in [1.54, 1.807) is 42.3 Å². The largest absolute Gasteiger partial charge is 0.461 e. The summed E-state index contributed by atoms with van der Waals surface area (Å²) < 4.78 is 37.0. The molecule has 5 rings (SSSR count). The number of carbonyl (C=O) groups is 1. The molecular formula is C26H36N5O8P. The number of nitrogens with zero attached hydrogens (tertiary/aromatic N) is 3. The molecule has 40 heavy (non-hydrogen) atoms. The van der Waals surface area contributed by atoms with E-state index in [9.17, 15) is 19.6 Å². The fourth-order valence-electron chi connectivity index (χ4n) is 5.24. The van der Waals surface area contributed by atoms with Gasteiger partial charge in [0.05, 0.1) is 17.8 Å². The highest BCUT2D eigenvalue weighted by Crippen LogP contribution is 2.51. The first-order valence-corrected chi connectivity index (χ1v) is 14.9. The molecule has 0 bridgehead atoms. The van der Waals surface area contributed by atoms with Crippen LogP contribution in [0, 0.1) is 0 Å². The smallest absolute Gasteiger partial charge is 0.459 e. The minimum absolute atomic E-state index is 0.147. The summed E-state index contributed by atoms with van der Waals surface area (Å²) in [6.45, 7) is 4.60. The molecule has 1 aromatic carbocycles. The van der Waals surface area contributed by atoms with Gasteiger partial charge in [-0.15, -0.1) is 0 Å². The third-order valence-corrected chi connectivity index (χ3v) is 9.81. The van der Waals surface area contributed by atoms with Gasteiger partial charge in [0.15, 0.2) is 5.84 Å². The number of fused-ring (bicyclic) bond motifs is 1. The van der Waals surface area contributed by atoms with Gasteiger partial charge in [0.1, 0.15) is 48.1 Å². The summed E-state index contributed by atoms with van der Waals surface area (Å²) in [5.74, 6) is -0.0482. The number of hydrogen-bond donors (Lipinski definition) is 4. The number of nitrogens with one attached hydrogen (secondary N) is 1. The number of ether oxygens (including phenoxy) is 2. The van der Waals surface area contributed by atoms with Crippen molar-refractivity contribution in [2.45, 2.75) is 88.1 Å². The fourth-order valence-corrected chi connectivity index (χ4v) is 6.75. The molecule has 5 N–H and O–H groups in total. The van der Waals surface area contributed by atoms with E-state index in [0.29, 0.717) is 12.1 Å². The highest BCUT2D eigenvalue weighted by Gasteiger charge is 2.64. The van der Waals surface area contributed by atoms with Crippen LogP contribution in [0.25, 0.3) is 0 Å². The Labute approximate surface area is 232 Å². The summed E-state index contributed by atoms with van der Waals surface area (Å²) in [5.41, 5.74) is 4.33. The summed E-state index contributed by atoms with van der Waals surface area (Å²) in [7, 11) is -4.20. The van der Waals surface area contributed by atoms with Crippen LogP contribution in [-0.2, 0) is 23.4 Å². The van der Waals surface area contributed by atoms with Gasteiger partial charge in [0.25, 0.3) is 0 Å². The zero-order chi connectivity index (χ0) is 28.7. The van der Waals surface area contributed by atoms with Crippen LogP contribution in [0.15, 0.2) is 52.2 Å². The van der Waals surface area contributed by atoms with E-state index in [4.69, 9.17) is 24.3 Å². The molecule has 1 aliphatic carbocycles. The molecule has 1 aromatic rings. The van der Waals surface area contributed by atoms with Gasteiger partial charge in [-0.1, -0.05) is 24.3 Å². The summed E-state index contributed by atoms with van der Waals surface area (Å²) in [6, 6.07) is 7.35. The Morgan fingerprint density at radius 1 is 1.30 bits per heavy atom. The molecule has 14 heteroatoms.